The molecule has 25 heteroatoms. The Kier molecular flexibility index (Phi) is 37.3. The van der Waals surface area contributed by atoms with Crippen LogP contribution in [-0.4, -0.2) is 171 Å². The van der Waals surface area contributed by atoms with Gasteiger partial charge in [0.2, 0.25) is 17.7 Å². The molecule has 24 nitrogen and oxygen atoms in total. The molecule has 6 aliphatic carbocycles. The van der Waals surface area contributed by atoms with Gasteiger partial charge in [0.05, 0.1) is 22.6 Å². The highest BCUT2D eigenvalue weighted by molar-refractivity contribution is 7.14. The second-order valence-electron chi connectivity index (χ2n) is 45.3. The van der Waals surface area contributed by atoms with Crippen molar-refractivity contribution in [2.75, 3.05) is 39.3 Å². The maximum Gasteiger partial charge on any atom is 0.310 e. The van der Waals surface area contributed by atoms with Gasteiger partial charge >= 0.3 is 17.9 Å². The summed E-state index contributed by atoms with van der Waals surface area (Å²) < 4.78 is 0. The second-order valence-corrected chi connectivity index (χ2v) is 46.4. The zero-order valence-corrected chi connectivity index (χ0v) is 89.7. The van der Waals surface area contributed by atoms with Gasteiger partial charge in [0.1, 0.15) is 18.1 Å². The van der Waals surface area contributed by atoms with Crippen molar-refractivity contribution in [3.8, 4) is 34.2 Å². The number of hydrogen-bond donors (Lipinski definition) is 6. The average molecular weight is 2040 g/mol. The molecule has 6 atom stereocenters. The SMILES string of the molecule is CCC1CCC(C2CC=C(c3cnc(-c4ccc(C[C@H](NC(=O)c5ccc(C(C)(C)CC)cc5)C(=O)N5CC(C(=O)O)C5)cc4)nc3)CC2)CC1.CCC1CCC(C2CC=C(c3cnc(-c4ccc(C[C@H](NC(=O)c5ccc(C(C)C)s5)C(=O)N5CC(C(=O)O)C5)cc4)nc3)CC2)CC1.CCC1CCC(C2CC=C(c3cnc(-c4ccc(C[C@H](NC(=O)c5ccc(CC(C)C)cc5)C(=O)N5CC(C(=O)O)C5)cc4)nc3)CC2)CC1. The molecule has 18 rings (SSSR count). The van der Waals surface area contributed by atoms with Gasteiger partial charge in [0.25, 0.3) is 17.7 Å². The highest BCUT2D eigenvalue weighted by Crippen LogP contribution is 2.47. The van der Waals surface area contributed by atoms with Crippen molar-refractivity contribution in [2.45, 2.75) is 285 Å². The Balaban J connectivity index is 0.000000159. The molecule has 9 aromatic rings. The molecule has 3 saturated heterocycles. The molecule has 0 bridgehead atoms. The van der Waals surface area contributed by atoms with Crippen LogP contribution in [0.1, 0.15) is 315 Å². The van der Waals surface area contributed by atoms with Crippen LogP contribution in [0.15, 0.2) is 189 Å². The van der Waals surface area contributed by atoms with Gasteiger partial charge in [-0.3, -0.25) is 43.2 Å². The third-order valence-corrected chi connectivity index (χ3v) is 35.7. The number of carboxylic acids is 3. The fraction of sp³-hybridized carbons (Fsp3) is 0.508. The highest BCUT2D eigenvalue weighted by atomic mass is 32.1. The van der Waals surface area contributed by atoms with Gasteiger partial charge in [-0.2, -0.15) is 0 Å². The second kappa shape index (κ2) is 50.9. The Morgan fingerprint density at radius 3 is 0.899 bits per heavy atom. The van der Waals surface area contributed by atoms with Gasteiger partial charge in [-0.1, -0.05) is 242 Å². The molecule has 788 valence electrons. The Morgan fingerprint density at radius 2 is 0.638 bits per heavy atom. The summed E-state index contributed by atoms with van der Waals surface area (Å²) in [5.41, 5.74) is 15.9. The number of allylic oxidation sites excluding steroid dienone is 6. The molecule has 0 radical (unpaired) electrons. The van der Waals surface area contributed by atoms with E-state index in [4.69, 9.17) is 29.9 Å². The lowest BCUT2D eigenvalue weighted by Gasteiger charge is -2.39. The minimum absolute atomic E-state index is 0.00524. The predicted molar refractivity (Wildman–Crippen MR) is 587 cm³/mol. The number of likely N-dealkylation sites (tertiary alicyclic amines) is 3. The van der Waals surface area contributed by atoms with Gasteiger partial charge in [-0.15, -0.1) is 11.3 Å². The molecule has 6 amide bonds. The van der Waals surface area contributed by atoms with Crippen LogP contribution in [0, 0.1) is 76.9 Å². The van der Waals surface area contributed by atoms with Crippen molar-refractivity contribution in [3.63, 3.8) is 0 Å². The molecule has 3 saturated carbocycles. The number of benzene rings is 5. The van der Waals surface area contributed by atoms with Gasteiger partial charge < -0.3 is 46.0 Å². The molecule has 4 aromatic heterocycles. The Hall–Kier alpha value is -12.5. The first-order chi connectivity index (χ1) is 71.9. The summed E-state index contributed by atoms with van der Waals surface area (Å²) in [6, 6.07) is 39.6. The molecule has 0 spiro atoms. The summed E-state index contributed by atoms with van der Waals surface area (Å²) in [5, 5.41) is 36.8. The minimum atomic E-state index is -0.913. The topological polar surface area (TPSA) is 337 Å². The number of amides is 6. The predicted octanol–water partition coefficient (Wildman–Crippen LogP) is 23.4. The van der Waals surface area contributed by atoms with Crippen molar-refractivity contribution in [1.82, 2.24) is 60.6 Å². The van der Waals surface area contributed by atoms with Crippen LogP contribution in [0.5, 0.6) is 0 Å². The smallest absolute Gasteiger partial charge is 0.310 e. The van der Waals surface area contributed by atoms with Gasteiger partial charge in [0.15, 0.2) is 17.5 Å². The van der Waals surface area contributed by atoms with Crippen molar-refractivity contribution < 1.29 is 58.5 Å². The van der Waals surface area contributed by atoms with E-state index in [1.807, 2.05) is 140 Å². The van der Waals surface area contributed by atoms with Crippen LogP contribution >= 0.6 is 11.3 Å². The van der Waals surface area contributed by atoms with Gasteiger partial charge in [0, 0.05) is 145 Å². The minimum Gasteiger partial charge on any atom is -0.481 e. The summed E-state index contributed by atoms with van der Waals surface area (Å²) in [6.07, 6.45) is 52.9. The van der Waals surface area contributed by atoms with Crippen molar-refractivity contribution in [1.29, 1.82) is 0 Å². The number of rotatable bonds is 35. The average Bonchev–Trinajstić information content (AvgIpc) is 1.80. The summed E-state index contributed by atoms with van der Waals surface area (Å²) in [6.45, 7) is 22.8. The first kappa shape index (κ1) is 109. The van der Waals surface area contributed by atoms with Gasteiger partial charge in [-0.05, 0) is 261 Å². The summed E-state index contributed by atoms with van der Waals surface area (Å²) in [4.78, 5) is 149. The van der Waals surface area contributed by atoms with E-state index >= 15 is 0 Å². The lowest BCUT2D eigenvalue weighted by atomic mass is 9.71. The molecular weight excluding hydrogens is 1880 g/mol. The van der Waals surface area contributed by atoms with Crippen LogP contribution in [-0.2, 0) is 59.9 Å². The number of nitrogens with one attached hydrogen (secondary N) is 3. The molecule has 3 aliphatic heterocycles. The zero-order valence-electron chi connectivity index (χ0n) is 88.9. The quantitative estimate of drug-likeness (QED) is 0.0215. The number of carbonyl (C=O) groups is 9. The van der Waals surface area contributed by atoms with Crippen LogP contribution in [0.3, 0.4) is 0 Å². The van der Waals surface area contributed by atoms with Gasteiger partial charge in [-0.25, -0.2) is 29.9 Å². The Morgan fingerprint density at radius 1 is 0.349 bits per heavy atom. The first-order valence-corrected chi connectivity index (χ1v) is 56.3. The van der Waals surface area contributed by atoms with Crippen LogP contribution < -0.4 is 16.0 Å². The van der Waals surface area contributed by atoms with Crippen LogP contribution in [0.4, 0.5) is 0 Å². The fourth-order valence-electron chi connectivity index (χ4n) is 23.6. The van der Waals surface area contributed by atoms with E-state index in [1.54, 1.807) is 30.3 Å². The third-order valence-electron chi connectivity index (χ3n) is 34.3. The van der Waals surface area contributed by atoms with E-state index in [0.29, 0.717) is 45.3 Å². The van der Waals surface area contributed by atoms with Crippen LogP contribution in [0.25, 0.3) is 50.9 Å². The van der Waals surface area contributed by atoms with E-state index in [9.17, 15) is 58.5 Å². The van der Waals surface area contributed by atoms with E-state index in [1.165, 1.54) is 158 Å². The monoisotopic (exact) mass is 2040 g/mol. The maximum atomic E-state index is 13.6. The van der Waals surface area contributed by atoms with Crippen molar-refractivity contribution in [3.05, 3.63) is 254 Å². The third kappa shape index (κ3) is 28.4. The highest BCUT2D eigenvalue weighted by Gasteiger charge is 2.44. The van der Waals surface area contributed by atoms with E-state index < -0.39 is 53.8 Å². The van der Waals surface area contributed by atoms with E-state index in [-0.39, 0.29) is 99.4 Å². The number of thiophene rings is 1. The molecule has 6 N–H and O–H groups in total. The molecule has 5 aromatic carbocycles. The first-order valence-electron chi connectivity index (χ1n) is 55.5. The summed E-state index contributed by atoms with van der Waals surface area (Å²) in [7, 11) is 0. The van der Waals surface area contributed by atoms with Crippen LogP contribution in [0.2, 0.25) is 0 Å². The number of hydrogen-bond acceptors (Lipinski definition) is 16. The van der Waals surface area contributed by atoms with Crippen molar-refractivity contribution in [2.24, 2.45) is 76.9 Å². The summed E-state index contributed by atoms with van der Waals surface area (Å²) >= 11 is 1.43. The zero-order chi connectivity index (χ0) is 105. The molecule has 7 heterocycles. The number of carbonyl (C=O) groups excluding carboxylic acids is 6. The Bertz CT molecular complexity index is 6160. The summed E-state index contributed by atoms with van der Waals surface area (Å²) in [5.74, 6) is 4.42. The number of carboxylic acid groups (broad SMARTS) is 3. The van der Waals surface area contributed by atoms with Crippen molar-refractivity contribution >= 4 is 81.4 Å². The molecule has 149 heavy (non-hydrogen) atoms. The largest absolute Gasteiger partial charge is 0.481 e. The normalized spacial score (nSPS) is 21.8. The van der Waals surface area contributed by atoms with E-state index in [0.717, 1.165) is 171 Å². The standard InChI is InChI=1S/C43H54N4O4.C42H52N4O4.C39H48N4O4S/c1-5-28-7-11-30(12-8-28)31-15-17-32(18-16-31)35-24-44-39(45-25-35)33-13-9-29(10-14-33)23-38(41(49)47-26-36(27-47)42(50)51)46-40(48)34-19-21-37(22-20-34)43(3,4)6-2;1-4-28-5-11-31(12-6-28)32-17-19-33(20-18-32)36-23-43-39(44-24-36)34-13-7-30(8-14-34)22-38(41(48)46-25-37(26-46)42(49)50)45-40(47)35-15-9-29(10-16-35)21-27(2)3;1-4-25-5-9-27(10-6-25)28-13-15-29(16-14-28)31-20-40-36(41-21-31)30-11-7-26(8-12-30)19-33(38(45)43-22-32(23-43)39(46)47)42-37(44)35-18-17-34(48-35)24(2)3/h9-10,13-14,17,19-22,24-25,28,30-31,36,38H,5-8,11-12,15-16,18,23,26-27H2,1-4H3,(H,46,48)(H,50,51);7-10,13-16,19,23-24,27-28,31-32,37-38H,4-6,11-12,17-18,20-22,25-26H2,1-3H3,(H,45,47)(H,49,50);7-8,11-12,15,17-18,20-21,24-25,27-28,32-33H,4-6,9-10,13-14,16,19,22-23H2,1-3H3,(H,42,44)(H,46,47)/t28?,30?,31?,38-;28?,31?,32?,38-;25?,27?,28?,33-/m000/s1. The maximum absolute atomic E-state index is 13.6. The number of aromatic nitrogens is 6. The lowest BCUT2D eigenvalue weighted by Crippen LogP contribution is -2.59. The Labute approximate surface area is 884 Å². The molecule has 9 aliphatic rings. The number of nitrogens with zero attached hydrogens (tertiary/aromatic N) is 9. The molecular formula is C124H154N12O12S. The molecule has 6 fully saturated rings. The lowest BCUT2D eigenvalue weighted by molar-refractivity contribution is -0.155. The van der Waals surface area contributed by atoms with E-state index in [2.05, 4.69) is 103 Å². The molecule has 3 unspecified atom stereocenters. The fourth-order valence-corrected chi connectivity index (χ4v) is 24.5. The number of aliphatic carboxylic acids is 3.